The molecule has 1 fully saturated rings. The standard InChI is InChI=1S/C27H31NO3/c1-30-25-15-9-10-21(26(25)31-2)20-28-18-16-24(17-19-28)27(29,22-11-5-3-6-12-22)23-13-7-4-8-14-23/h3-15,24,29H,16-20H2,1-2H3. The molecule has 0 amide bonds. The number of aliphatic hydroxyl groups is 1. The van der Waals surface area contributed by atoms with Crippen molar-refractivity contribution in [1.82, 2.24) is 4.90 Å². The summed E-state index contributed by atoms with van der Waals surface area (Å²) in [6, 6.07) is 26.2. The molecule has 162 valence electrons. The SMILES string of the molecule is COc1cccc(CN2CCC(C(O)(c3ccccc3)c3ccccc3)CC2)c1OC. The molecule has 1 N–H and O–H groups in total. The van der Waals surface area contributed by atoms with Crippen LogP contribution in [0.4, 0.5) is 0 Å². The summed E-state index contributed by atoms with van der Waals surface area (Å²) in [7, 11) is 3.36. The second-order valence-corrected chi connectivity index (χ2v) is 8.20. The molecule has 0 radical (unpaired) electrons. The molecule has 0 aliphatic carbocycles. The second kappa shape index (κ2) is 9.54. The Morgan fingerprint density at radius 2 is 1.39 bits per heavy atom. The fraction of sp³-hybridized carbons (Fsp3) is 0.333. The molecule has 3 aromatic carbocycles. The Balaban J connectivity index is 1.53. The number of nitrogens with zero attached hydrogens (tertiary/aromatic N) is 1. The lowest BCUT2D eigenvalue weighted by Gasteiger charge is -2.42. The van der Waals surface area contributed by atoms with Crippen LogP contribution < -0.4 is 9.47 Å². The first-order valence-electron chi connectivity index (χ1n) is 10.9. The number of rotatable bonds is 7. The van der Waals surface area contributed by atoms with Gasteiger partial charge in [-0.2, -0.15) is 0 Å². The van der Waals surface area contributed by atoms with Gasteiger partial charge in [0.25, 0.3) is 0 Å². The zero-order chi connectivity index (χ0) is 21.7. The highest BCUT2D eigenvalue weighted by atomic mass is 16.5. The first kappa shape index (κ1) is 21.4. The van der Waals surface area contributed by atoms with E-state index < -0.39 is 5.60 Å². The highest BCUT2D eigenvalue weighted by molar-refractivity contribution is 5.46. The molecule has 31 heavy (non-hydrogen) atoms. The predicted molar refractivity (Wildman–Crippen MR) is 123 cm³/mol. The molecule has 4 rings (SSSR count). The normalized spacial score (nSPS) is 15.6. The smallest absolute Gasteiger partial charge is 0.165 e. The minimum absolute atomic E-state index is 0.153. The number of ether oxygens (including phenoxy) is 2. The van der Waals surface area contributed by atoms with Gasteiger partial charge >= 0.3 is 0 Å². The van der Waals surface area contributed by atoms with Crippen molar-refractivity contribution in [3.8, 4) is 11.5 Å². The fourth-order valence-corrected chi connectivity index (χ4v) is 4.85. The molecule has 1 saturated heterocycles. The Kier molecular flexibility index (Phi) is 6.59. The summed E-state index contributed by atoms with van der Waals surface area (Å²) < 4.78 is 11.1. The highest BCUT2D eigenvalue weighted by Gasteiger charge is 2.41. The average Bonchev–Trinajstić information content (AvgIpc) is 2.85. The van der Waals surface area contributed by atoms with E-state index in [1.165, 1.54) is 0 Å². The van der Waals surface area contributed by atoms with Crippen LogP contribution in [0.15, 0.2) is 78.9 Å². The van der Waals surface area contributed by atoms with E-state index in [0.717, 1.165) is 60.7 Å². The quantitative estimate of drug-likeness (QED) is 0.597. The third-order valence-electron chi connectivity index (χ3n) is 6.48. The molecule has 1 aliphatic rings. The predicted octanol–water partition coefficient (Wildman–Crippen LogP) is 4.85. The van der Waals surface area contributed by atoms with Crippen molar-refractivity contribution in [2.45, 2.75) is 25.0 Å². The fourth-order valence-electron chi connectivity index (χ4n) is 4.85. The van der Waals surface area contributed by atoms with E-state index in [4.69, 9.17) is 9.47 Å². The van der Waals surface area contributed by atoms with E-state index in [0.29, 0.717) is 0 Å². The maximum absolute atomic E-state index is 12.1. The second-order valence-electron chi connectivity index (χ2n) is 8.20. The van der Waals surface area contributed by atoms with Crippen LogP contribution in [-0.2, 0) is 12.1 Å². The molecule has 0 atom stereocenters. The van der Waals surface area contributed by atoms with Crippen LogP contribution in [0.3, 0.4) is 0 Å². The third kappa shape index (κ3) is 4.32. The Morgan fingerprint density at radius 3 is 1.90 bits per heavy atom. The lowest BCUT2D eigenvalue weighted by molar-refractivity contribution is -0.0153. The van der Waals surface area contributed by atoms with E-state index in [9.17, 15) is 5.11 Å². The molecule has 3 aromatic rings. The minimum Gasteiger partial charge on any atom is -0.493 e. The molecular weight excluding hydrogens is 386 g/mol. The van der Waals surface area contributed by atoms with Crippen LogP contribution in [0, 0.1) is 5.92 Å². The molecular formula is C27H31NO3. The van der Waals surface area contributed by atoms with E-state index >= 15 is 0 Å². The number of benzene rings is 3. The summed E-state index contributed by atoms with van der Waals surface area (Å²) in [5, 5.41) is 12.1. The van der Waals surface area contributed by atoms with Gasteiger partial charge < -0.3 is 14.6 Å². The summed E-state index contributed by atoms with van der Waals surface area (Å²) >= 11 is 0. The molecule has 0 saturated carbocycles. The van der Waals surface area contributed by atoms with Crippen LogP contribution in [-0.4, -0.2) is 37.3 Å². The van der Waals surface area contributed by atoms with Crippen molar-refractivity contribution < 1.29 is 14.6 Å². The van der Waals surface area contributed by atoms with Crippen molar-refractivity contribution in [2.24, 2.45) is 5.92 Å². The minimum atomic E-state index is -0.984. The lowest BCUT2D eigenvalue weighted by atomic mass is 9.72. The van der Waals surface area contributed by atoms with E-state index in [2.05, 4.69) is 11.0 Å². The van der Waals surface area contributed by atoms with Crippen LogP contribution in [0.25, 0.3) is 0 Å². The van der Waals surface area contributed by atoms with E-state index in [1.54, 1.807) is 14.2 Å². The first-order valence-corrected chi connectivity index (χ1v) is 10.9. The molecule has 0 spiro atoms. The number of methoxy groups -OCH3 is 2. The third-order valence-corrected chi connectivity index (χ3v) is 6.48. The van der Waals surface area contributed by atoms with Gasteiger partial charge in [-0.05, 0) is 49.0 Å². The number of piperidine rings is 1. The monoisotopic (exact) mass is 417 g/mol. The Bertz CT molecular complexity index is 927. The molecule has 4 nitrogen and oxygen atoms in total. The summed E-state index contributed by atoms with van der Waals surface area (Å²) in [5.41, 5.74) is 2.08. The average molecular weight is 418 g/mol. The number of hydrogen-bond acceptors (Lipinski definition) is 4. The topological polar surface area (TPSA) is 41.9 Å². The van der Waals surface area contributed by atoms with Crippen molar-refractivity contribution in [1.29, 1.82) is 0 Å². The Labute approximate surface area is 185 Å². The molecule has 4 heteroatoms. The highest BCUT2D eigenvalue weighted by Crippen LogP contribution is 2.42. The van der Waals surface area contributed by atoms with E-state index in [1.807, 2.05) is 72.8 Å². The van der Waals surface area contributed by atoms with Gasteiger partial charge in [-0.3, -0.25) is 4.90 Å². The summed E-state index contributed by atoms with van der Waals surface area (Å²) in [5.74, 6) is 1.72. The van der Waals surface area contributed by atoms with Crippen molar-refractivity contribution in [2.75, 3.05) is 27.3 Å². The van der Waals surface area contributed by atoms with Crippen LogP contribution in [0.1, 0.15) is 29.5 Å². The van der Waals surface area contributed by atoms with Gasteiger partial charge in [-0.1, -0.05) is 72.8 Å². The molecule has 0 bridgehead atoms. The number of hydrogen-bond donors (Lipinski definition) is 1. The van der Waals surface area contributed by atoms with Crippen molar-refractivity contribution >= 4 is 0 Å². The van der Waals surface area contributed by atoms with Crippen LogP contribution in [0.2, 0.25) is 0 Å². The zero-order valence-electron chi connectivity index (χ0n) is 18.3. The van der Waals surface area contributed by atoms with Gasteiger partial charge in [0.15, 0.2) is 11.5 Å². The molecule has 1 aliphatic heterocycles. The number of likely N-dealkylation sites (tertiary alicyclic amines) is 1. The van der Waals surface area contributed by atoms with Gasteiger partial charge in [0.1, 0.15) is 5.60 Å². The Hall–Kier alpha value is -2.82. The summed E-state index contributed by atoms with van der Waals surface area (Å²) in [6.45, 7) is 2.65. The lowest BCUT2D eigenvalue weighted by Crippen LogP contribution is -2.44. The molecule has 1 heterocycles. The van der Waals surface area contributed by atoms with Gasteiger partial charge in [0.2, 0.25) is 0 Å². The van der Waals surface area contributed by atoms with Gasteiger partial charge in [0.05, 0.1) is 14.2 Å². The molecule has 0 unspecified atom stereocenters. The van der Waals surface area contributed by atoms with Crippen molar-refractivity contribution in [3.63, 3.8) is 0 Å². The van der Waals surface area contributed by atoms with E-state index in [-0.39, 0.29) is 5.92 Å². The first-order chi connectivity index (χ1) is 15.2. The maximum atomic E-state index is 12.1. The summed E-state index contributed by atoms with van der Waals surface area (Å²) in [6.07, 6.45) is 1.85. The van der Waals surface area contributed by atoms with Crippen LogP contribution >= 0.6 is 0 Å². The van der Waals surface area contributed by atoms with Gasteiger partial charge in [-0.25, -0.2) is 0 Å². The summed E-state index contributed by atoms with van der Waals surface area (Å²) in [4.78, 5) is 2.43. The van der Waals surface area contributed by atoms with Crippen molar-refractivity contribution in [3.05, 3.63) is 95.6 Å². The largest absolute Gasteiger partial charge is 0.493 e. The maximum Gasteiger partial charge on any atom is 0.165 e. The Morgan fingerprint density at radius 1 is 0.806 bits per heavy atom. The zero-order valence-corrected chi connectivity index (χ0v) is 18.3. The van der Waals surface area contributed by atoms with Crippen LogP contribution in [0.5, 0.6) is 11.5 Å². The van der Waals surface area contributed by atoms with Gasteiger partial charge in [0, 0.05) is 12.1 Å². The number of para-hydroxylation sites is 1. The molecule has 0 aromatic heterocycles. The van der Waals surface area contributed by atoms with Gasteiger partial charge in [-0.15, -0.1) is 0 Å².